The van der Waals surface area contributed by atoms with E-state index in [1.54, 1.807) is 20.9 Å². The summed E-state index contributed by atoms with van der Waals surface area (Å²) in [7, 11) is -2.20. The molecule has 0 bridgehead atoms. The molecule has 0 atom stereocenters. The summed E-state index contributed by atoms with van der Waals surface area (Å²) in [5.41, 5.74) is -0.623. The first-order chi connectivity index (χ1) is 8.58. The number of likely N-dealkylation sites (N-methyl/N-ethyl adjacent to an activating group) is 1. The molecule has 8 heteroatoms. The molecule has 1 aromatic rings. The standard InChI is InChI=1S/C11H16ClN3O3S/c1-11(2,14-3)10(16)15-9-6-7(19(13,17)18)4-5-8(9)12/h4-6,14H,1-3H3,(H,15,16)(H2,13,17,18). The Morgan fingerprint density at radius 1 is 1.37 bits per heavy atom. The lowest BCUT2D eigenvalue weighted by atomic mass is 10.1. The van der Waals surface area contributed by atoms with Crippen LogP contribution in [0.1, 0.15) is 13.8 Å². The number of primary sulfonamides is 1. The Hall–Kier alpha value is -1.15. The number of rotatable bonds is 4. The van der Waals surface area contributed by atoms with Crippen LogP contribution in [0, 0.1) is 0 Å². The number of amides is 1. The normalized spacial score (nSPS) is 12.3. The fraction of sp³-hybridized carbons (Fsp3) is 0.364. The van der Waals surface area contributed by atoms with E-state index in [1.165, 1.54) is 18.2 Å². The summed E-state index contributed by atoms with van der Waals surface area (Å²) >= 11 is 5.91. The Kier molecular flexibility index (Phi) is 4.57. The van der Waals surface area contributed by atoms with Crippen molar-refractivity contribution in [3.05, 3.63) is 23.2 Å². The number of nitrogens with two attached hydrogens (primary N) is 1. The number of halogens is 1. The van der Waals surface area contributed by atoms with Crippen LogP contribution in [0.15, 0.2) is 23.1 Å². The molecule has 0 heterocycles. The Balaban J connectivity index is 3.12. The second kappa shape index (κ2) is 5.46. The van der Waals surface area contributed by atoms with Gasteiger partial charge in [-0.15, -0.1) is 0 Å². The molecule has 0 fully saturated rings. The number of benzene rings is 1. The molecule has 19 heavy (non-hydrogen) atoms. The van der Waals surface area contributed by atoms with Crippen molar-refractivity contribution in [1.82, 2.24) is 5.32 Å². The highest BCUT2D eigenvalue weighted by atomic mass is 35.5. The number of carbonyl (C=O) groups is 1. The quantitative estimate of drug-likeness (QED) is 0.770. The molecule has 1 amide bonds. The molecule has 4 N–H and O–H groups in total. The highest BCUT2D eigenvalue weighted by Gasteiger charge is 2.26. The van der Waals surface area contributed by atoms with Gasteiger partial charge < -0.3 is 10.6 Å². The van der Waals surface area contributed by atoms with Gasteiger partial charge in [-0.25, -0.2) is 13.6 Å². The molecule has 1 aromatic carbocycles. The molecule has 1 rings (SSSR count). The highest BCUT2D eigenvalue weighted by molar-refractivity contribution is 7.89. The first-order valence-electron chi connectivity index (χ1n) is 5.40. The maximum atomic E-state index is 12.0. The largest absolute Gasteiger partial charge is 0.323 e. The topological polar surface area (TPSA) is 101 Å². The van der Waals surface area contributed by atoms with Crippen LogP contribution in [0.5, 0.6) is 0 Å². The Labute approximate surface area is 117 Å². The molecule has 0 radical (unpaired) electrons. The van der Waals surface area contributed by atoms with Gasteiger partial charge in [-0.2, -0.15) is 0 Å². The predicted octanol–water partition coefficient (Wildman–Crippen LogP) is 0.924. The van der Waals surface area contributed by atoms with Crippen LogP contribution in [0.25, 0.3) is 0 Å². The van der Waals surface area contributed by atoms with Gasteiger partial charge in [0.15, 0.2) is 0 Å². The summed E-state index contributed by atoms with van der Waals surface area (Å²) in [6.07, 6.45) is 0. The van der Waals surface area contributed by atoms with Crippen LogP contribution >= 0.6 is 11.6 Å². The van der Waals surface area contributed by atoms with Crippen LogP contribution in [-0.2, 0) is 14.8 Å². The van der Waals surface area contributed by atoms with E-state index in [1.807, 2.05) is 0 Å². The van der Waals surface area contributed by atoms with Crippen LogP contribution in [0.2, 0.25) is 5.02 Å². The fourth-order valence-electron chi connectivity index (χ4n) is 1.17. The fourth-order valence-corrected chi connectivity index (χ4v) is 1.87. The van der Waals surface area contributed by atoms with Crippen molar-refractivity contribution in [2.75, 3.05) is 12.4 Å². The molecule has 0 aliphatic rings. The zero-order chi connectivity index (χ0) is 14.8. The SMILES string of the molecule is CNC(C)(C)C(=O)Nc1cc(S(N)(=O)=O)ccc1Cl. The average molecular weight is 306 g/mol. The Morgan fingerprint density at radius 3 is 2.42 bits per heavy atom. The smallest absolute Gasteiger partial charge is 0.244 e. The lowest BCUT2D eigenvalue weighted by Gasteiger charge is -2.23. The van der Waals surface area contributed by atoms with E-state index >= 15 is 0 Å². The first-order valence-corrected chi connectivity index (χ1v) is 7.33. The van der Waals surface area contributed by atoms with Gasteiger partial charge in [0, 0.05) is 0 Å². The lowest BCUT2D eigenvalue weighted by Crippen LogP contribution is -2.47. The summed E-state index contributed by atoms with van der Waals surface area (Å²) in [5.74, 6) is -0.344. The van der Waals surface area contributed by atoms with Gasteiger partial charge in [-0.1, -0.05) is 11.6 Å². The third kappa shape index (κ3) is 3.90. The number of nitrogens with one attached hydrogen (secondary N) is 2. The van der Waals surface area contributed by atoms with Gasteiger partial charge in [-0.3, -0.25) is 4.79 Å². The molecule has 0 aromatic heterocycles. The molecule has 0 saturated carbocycles. The maximum Gasteiger partial charge on any atom is 0.244 e. The molecule has 0 unspecified atom stereocenters. The van der Waals surface area contributed by atoms with Gasteiger partial charge in [-0.05, 0) is 39.1 Å². The second-order valence-electron chi connectivity index (χ2n) is 4.52. The highest BCUT2D eigenvalue weighted by Crippen LogP contribution is 2.25. The summed E-state index contributed by atoms with van der Waals surface area (Å²) in [6.45, 7) is 3.36. The third-order valence-corrected chi connectivity index (χ3v) is 3.95. The molecular weight excluding hydrogens is 290 g/mol. The van der Waals surface area contributed by atoms with E-state index in [-0.39, 0.29) is 21.5 Å². The maximum absolute atomic E-state index is 12.0. The Morgan fingerprint density at radius 2 is 1.95 bits per heavy atom. The molecule has 0 spiro atoms. The van der Waals surface area contributed by atoms with E-state index in [4.69, 9.17) is 16.7 Å². The minimum absolute atomic E-state index is 0.116. The summed E-state index contributed by atoms with van der Waals surface area (Å²) < 4.78 is 22.5. The average Bonchev–Trinajstić information content (AvgIpc) is 2.30. The summed E-state index contributed by atoms with van der Waals surface area (Å²) in [4.78, 5) is 11.8. The van der Waals surface area contributed by atoms with Crippen LogP contribution in [0.4, 0.5) is 5.69 Å². The van der Waals surface area contributed by atoms with E-state index < -0.39 is 15.6 Å². The number of hydrogen-bond acceptors (Lipinski definition) is 4. The Bertz CT molecular complexity index is 599. The van der Waals surface area contributed by atoms with Gasteiger partial charge in [0.25, 0.3) is 0 Å². The van der Waals surface area contributed by atoms with Crippen molar-refractivity contribution in [2.24, 2.45) is 5.14 Å². The number of sulfonamides is 1. The van der Waals surface area contributed by atoms with Crippen molar-refractivity contribution < 1.29 is 13.2 Å². The number of hydrogen-bond donors (Lipinski definition) is 3. The van der Waals surface area contributed by atoms with Crippen molar-refractivity contribution in [1.29, 1.82) is 0 Å². The van der Waals surface area contributed by atoms with E-state index in [9.17, 15) is 13.2 Å². The molecule has 0 aliphatic carbocycles. The van der Waals surface area contributed by atoms with Gasteiger partial charge in [0.2, 0.25) is 15.9 Å². The molecule has 106 valence electrons. The van der Waals surface area contributed by atoms with Gasteiger partial charge >= 0.3 is 0 Å². The van der Waals surface area contributed by atoms with Crippen LogP contribution < -0.4 is 15.8 Å². The van der Waals surface area contributed by atoms with E-state index in [0.717, 1.165) is 0 Å². The van der Waals surface area contributed by atoms with Gasteiger partial charge in [0.1, 0.15) is 0 Å². The third-order valence-electron chi connectivity index (χ3n) is 2.71. The zero-order valence-electron chi connectivity index (χ0n) is 10.8. The molecular formula is C11H16ClN3O3S. The second-order valence-corrected chi connectivity index (χ2v) is 6.48. The van der Waals surface area contributed by atoms with Crippen LogP contribution in [-0.4, -0.2) is 26.9 Å². The van der Waals surface area contributed by atoms with E-state index in [0.29, 0.717) is 0 Å². The van der Waals surface area contributed by atoms with Crippen molar-refractivity contribution in [3.8, 4) is 0 Å². The van der Waals surface area contributed by atoms with Crippen LogP contribution in [0.3, 0.4) is 0 Å². The summed E-state index contributed by atoms with van der Waals surface area (Å²) in [6, 6.07) is 3.86. The monoisotopic (exact) mass is 305 g/mol. The van der Waals surface area contributed by atoms with Crippen molar-refractivity contribution >= 4 is 33.2 Å². The lowest BCUT2D eigenvalue weighted by molar-refractivity contribution is -0.121. The number of anilines is 1. The first kappa shape index (κ1) is 15.9. The zero-order valence-corrected chi connectivity index (χ0v) is 12.4. The van der Waals surface area contributed by atoms with E-state index in [2.05, 4.69) is 10.6 Å². The van der Waals surface area contributed by atoms with Gasteiger partial charge in [0.05, 0.1) is 21.1 Å². The van der Waals surface area contributed by atoms with Crippen molar-refractivity contribution in [3.63, 3.8) is 0 Å². The molecule has 6 nitrogen and oxygen atoms in total. The molecule has 0 aliphatic heterocycles. The minimum atomic E-state index is -3.84. The predicted molar refractivity (Wildman–Crippen MR) is 74.6 cm³/mol. The number of carbonyl (C=O) groups excluding carboxylic acids is 1. The minimum Gasteiger partial charge on any atom is -0.323 e. The van der Waals surface area contributed by atoms with Crippen molar-refractivity contribution in [2.45, 2.75) is 24.3 Å². The summed E-state index contributed by atoms with van der Waals surface area (Å²) in [5, 5.41) is 10.6. The molecule has 0 saturated heterocycles.